The van der Waals surface area contributed by atoms with Crippen molar-refractivity contribution < 1.29 is 28.5 Å². The van der Waals surface area contributed by atoms with Crippen LogP contribution in [0.4, 0.5) is 0 Å². The van der Waals surface area contributed by atoms with Gasteiger partial charge >= 0.3 is 0 Å². The van der Waals surface area contributed by atoms with E-state index in [0.717, 1.165) is 62.7 Å². The maximum atomic E-state index is 12.2. The van der Waals surface area contributed by atoms with Gasteiger partial charge in [-0.15, -0.1) is 0 Å². The summed E-state index contributed by atoms with van der Waals surface area (Å²) in [6.07, 6.45) is 14.4. The van der Waals surface area contributed by atoms with Crippen LogP contribution in [0, 0.1) is 7.40 Å². The summed E-state index contributed by atoms with van der Waals surface area (Å²) in [5, 5.41) is 1.53. The molecule has 0 unspecified atom stereocenters. The summed E-state index contributed by atoms with van der Waals surface area (Å²) in [6.45, 7) is 33.6. The first-order valence-electron chi connectivity index (χ1n) is 24.1. The summed E-state index contributed by atoms with van der Waals surface area (Å²) in [7, 11) is -4.01. The normalized spacial score (nSPS) is 11.4. The van der Waals surface area contributed by atoms with E-state index in [1.807, 2.05) is 97.5 Å². The van der Waals surface area contributed by atoms with Gasteiger partial charge in [0.25, 0.3) is 0 Å². The lowest BCUT2D eigenvalue weighted by Gasteiger charge is -2.15. The molecule has 412 valence electrons. The number of hydrogen-bond acceptors (Lipinski definition) is 12. The van der Waals surface area contributed by atoms with Gasteiger partial charge < -0.3 is 37.2 Å². The molecule has 4 aromatic heterocycles. The van der Waals surface area contributed by atoms with E-state index in [0.29, 0.717) is 43.1 Å². The quantitative estimate of drug-likeness (QED) is 0.0246. The number of carbonyl (C=O) groups is 2. The minimum Gasteiger partial charge on any atom is -0.361 e. The van der Waals surface area contributed by atoms with Crippen LogP contribution in [-0.2, 0) is 45.9 Å². The van der Waals surface area contributed by atoms with Crippen LogP contribution in [0.5, 0.6) is 0 Å². The van der Waals surface area contributed by atoms with Crippen molar-refractivity contribution in [2.45, 2.75) is 155 Å². The van der Waals surface area contributed by atoms with Crippen LogP contribution in [0.25, 0.3) is 0 Å². The molecule has 6 aromatic rings. The highest BCUT2D eigenvalue weighted by Gasteiger charge is 2.16. The Morgan fingerprint density at radius 3 is 1.31 bits per heavy atom. The Kier molecular flexibility index (Phi) is 33.6. The number of imidazole rings is 4. The van der Waals surface area contributed by atoms with Crippen LogP contribution >= 0.6 is 68.7 Å². The van der Waals surface area contributed by atoms with Gasteiger partial charge in [0, 0.05) is 82.2 Å². The van der Waals surface area contributed by atoms with E-state index in [1.165, 1.54) is 23.9 Å². The minimum atomic E-state index is -1.07. The second-order valence-electron chi connectivity index (χ2n) is 21.7. The third kappa shape index (κ3) is 32.9. The minimum absolute atomic E-state index is 0. The van der Waals surface area contributed by atoms with E-state index in [1.54, 1.807) is 31.5 Å². The van der Waals surface area contributed by atoms with Crippen molar-refractivity contribution in [3.05, 3.63) is 129 Å². The molecule has 0 aliphatic rings. The third-order valence-corrected chi connectivity index (χ3v) is 20.0. The predicted octanol–water partition coefficient (Wildman–Crippen LogP) is 15.1. The molecule has 22 heteroatoms. The second-order valence-corrected chi connectivity index (χ2v) is 48.4. The number of rotatable bonds is 24. The standard InChI is InChI=1S/2C16H22N2O2SSi.2C9H17IN2OSi.2CH4/c1-22(2,3)10-9-20-13-18-11-15(17-12-18)21-16(19)14-7-5-4-6-8-14;1-22(2,3)10-9-20-13-18-12-17-11-15(18)21-16(19)14-7-5-4-6-8-14;1-14(2,3)5-4-13-8-12-6-9(10)11-7-12;1-14(2,3)5-4-13-8-12-7-11-6-9(12)10;;/h2*4-8,11-12H,9-10,13H2,1-3H3;2*6-7H,4-5,8H2,1-3H3;2*1H4. The summed E-state index contributed by atoms with van der Waals surface area (Å²) in [6, 6.07) is 23.2. The number of hydrogen-bond donors (Lipinski definition) is 0. The molecule has 0 aliphatic carbocycles. The SMILES string of the molecule is C.C.C[Si](C)(C)CCOCn1cnc(I)c1.C[Si](C)(C)CCOCn1cnc(SC(=O)c2ccccc2)c1.C[Si](C)(C)CCOCn1cncc1I.C[Si](C)(C)CCOCn1cncc1SC(=O)c1ccccc1. The molecule has 0 saturated carbocycles. The first-order valence-corrected chi connectivity index (χ1v) is 42.7. The van der Waals surface area contributed by atoms with Crippen molar-refractivity contribution in [1.29, 1.82) is 0 Å². The fraction of sp³-hybridized carbons (Fsp3) is 0.500. The fourth-order valence-corrected chi connectivity index (χ4v) is 10.8. The van der Waals surface area contributed by atoms with Gasteiger partial charge in [-0.3, -0.25) is 9.59 Å². The summed E-state index contributed by atoms with van der Waals surface area (Å²) < 4.78 is 32.4. The lowest BCUT2D eigenvalue weighted by molar-refractivity contribution is 0.0819. The van der Waals surface area contributed by atoms with Gasteiger partial charge in [0.2, 0.25) is 10.2 Å². The molecule has 0 saturated heterocycles. The van der Waals surface area contributed by atoms with Gasteiger partial charge in [0.1, 0.15) is 44.4 Å². The van der Waals surface area contributed by atoms with Crippen LogP contribution in [-0.4, -0.2) is 107 Å². The Morgan fingerprint density at radius 1 is 0.500 bits per heavy atom. The molecule has 0 aliphatic heterocycles. The van der Waals surface area contributed by atoms with Crippen LogP contribution in [0.3, 0.4) is 0 Å². The summed E-state index contributed by atoms with van der Waals surface area (Å²) in [4.78, 5) is 40.8. The summed E-state index contributed by atoms with van der Waals surface area (Å²) >= 11 is 6.77. The summed E-state index contributed by atoms with van der Waals surface area (Å²) in [5.74, 6) is 0. The Balaban J connectivity index is 0.000000500. The Hall–Kier alpha value is -2.51. The second kappa shape index (κ2) is 35.8. The van der Waals surface area contributed by atoms with Gasteiger partial charge in [0.15, 0.2) is 0 Å². The van der Waals surface area contributed by atoms with Crippen molar-refractivity contribution in [3.63, 3.8) is 0 Å². The van der Waals surface area contributed by atoms with Crippen molar-refractivity contribution >= 4 is 111 Å². The van der Waals surface area contributed by atoms with Gasteiger partial charge in [-0.2, -0.15) is 0 Å². The highest BCUT2D eigenvalue weighted by Crippen LogP contribution is 2.23. The monoisotopic (exact) mass is 1350 g/mol. The van der Waals surface area contributed by atoms with E-state index in [-0.39, 0.29) is 25.1 Å². The van der Waals surface area contributed by atoms with Crippen LogP contribution in [0.1, 0.15) is 35.6 Å². The molecule has 4 heterocycles. The largest absolute Gasteiger partial charge is 0.361 e. The molecule has 6 rings (SSSR count). The molecule has 2 aromatic carbocycles. The molecule has 0 bridgehead atoms. The molecule has 0 atom stereocenters. The lowest BCUT2D eigenvalue weighted by atomic mass is 10.2. The number of nitrogens with zero attached hydrogens (tertiary/aromatic N) is 8. The highest BCUT2D eigenvalue weighted by molar-refractivity contribution is 14.1. The van der Waals surface area contributed by atoms with Crippen LogP contribution in [0.2, 0.25) is 103 Å². The zero-order valence-electron chi connectivity index (χ0n) is 44.5. The lowest BCUT2D eigenvalue weighted by Crippen LogP contribution is -2.22. The highest BCUT2D eigenvalue weighted by atomic mass is 127. The zero-order valence-corrected chi connectivity index (χ0v) is 54.4. The van der Waals surface area contributed by atoms with Gasteiger partial charge in [-0.05, 0) is 92.9 Å². The first kappa shape index (κ1) is 69.5. The molecule has 0 radical (unpaired) electrons. The molecule has 0 amide bonds. The first-order chi connectivity index (χ1) is 33.9. The fourth-order valence-electron chi connectivity index (χ4n) is 5.39. The molecule has 0 N–H and O–H groups in total. The van der Waals surface area contributed by atoms with Crippen molar-refractivity contribution in [2.24, 2.45) is 0 Å². The molecule has 0 fully saturated rings. The molecule has 74 heavy (non-hydrogen) atoms. The average molecular weight is 1350 g/mol. The van der Waals surface area contributed by atoms with Crippen LogP contribution in [0.15, 0.2) is 121 Å². The van der Waals surface area contributed by atoms with Crippen molar-refractivity contribution in [2.75, 3.05) is 26.4 Å². The summed E-state index contributed by atoms with van der Waals surface area (Å²) in [5.41, 5.74) is 1.38. The zero-order chi connectivity index (χ0) is 53.2. The van der Waals surface area contributed by atoms with E-state index in [4.69, 9.17) is 18.9 Å². The maximum Gasteiger partial charge on any atom is 0.225 e. The van der Waals surface area contributed by atoms with E-state index >= 15 is 0 Å². The Morgan fingerprint density at radius 2 is 0.892 bits per heavy atom. The smallest absolute Gasteiger partial charge is 0.225 e. The van der Waals surface area contributed by atoms with Crippen LogP contribution < -0.4 is 0 Å². The van der Waals surface area contributed by atoms with Crippen molar-refractivity contribution in [1.82, 2.24) is 38.2 Å². The predicted molar refractivity (Wildman–Crippen MR) is 337 cm³/mol. The van der Waals surface area contributed by atoms with Gasteiger partial charge in [-0.25, -0.2) is 19.9 Å². The molecule has 14 nitrogen and oxygen atoms in total. The van der Waals surface area contributed by atoms with E-state index < -0.39 is 32.3 Å². The third-order valence-electron chi connectivity index (χ3n) is 9.89. The number of carbonyl (C=O) groups excluding carboxylic acids is 2. The maximum absolute atomic E-state index is 12.2. The van der Waals surface area contributed by atoms with Crippen molar-refractivity contribution in [3.8, 4) is 0 Å². The number of benzene rings is 2. The molecular weight excluding hydrogens is 1260 g/mol. The van der Waals surface area contributed by atoms with E-state index in [2.05, 4.69) is 144 Å². The topological polar surface area (TPSA) is 142 Å². The Bertz CT molecular complexity index is 2440. The van der Waals surface area contributed by atoms with Gasteiger partial charge in [-0.1, -0.05) is 154 Å². The van der Waals surface area contributed by atoms with Gasteiger partial charge in [0.05, 0.1) is 37.7 Å². The molecular formula is C52H86I2N8O6S2Si4. The van der Waals surface area contributed by atoms with E-state index in [9.17, 15) is 9.59 Å². The number of ether oxygens (including phenoxy) is 4. The Labute approximate surface area is 484 Å². The molecule has 0 spiro atoms. The average Bonchev–Trinajstić information content (AvgIpc) is 4.14. The number of thioether (sulfide) groups is 2. The number of aromatic nitrogens is 8. The number of halogens is 2.